The van der Waals surface area contributed by atoms with Crippen molar-refractivity contribution >= 4 is 28.4 Å². The third kappa shape index (κ3) is 4.40. The second-order valence-electron chi connectivity index (χ2n) is 13.4. The molecule has 0 saturated carbocycles. The molecule has 0 N–H and O–H groups in total. The molecule has 1 aliphatic heterocycles. The van der Waals surface area contributed by atoms with Crippen LogP contribution in [0.25, 0.3) is 22.3 Å². The van der Waals surface area contributed by atoms with Gasteiger partial charge in [-0.3, -0.25) is 0 Å². The first-order valence-electron chi connectivity index (χ1n) is 16.6. The Hall–Kier alpha value is -5.60. The van der Waals surface area contributed by atoms with E-state index in [4.69, 9.17) is 0 Å². The van der Waals surface area contributed by atoms with Crippen molar-refractivity contribution in [2.24, 2.45) is 0 Å². The summed E-state index contributed by atoms with van der Waals surface area (Å²) < 4.78 is 0. The molecule has 3 aliphatic rings. The van der Waals surface area contributed by atoms with Gasteiger partial charge in [-0.05, 0) is 93.5 Å². The number of benzene rings is 6. The molecule has 2 nitrogen and oxygen atoms in total. The summed E-state index contributed by atoms with van der Waals surface area (Å²) in [5.41, 5.74) is 15.1. The highest BCUT2D eigenvalue weighted by Crippen LogP contribution is 2.51. The van der Waals surface area contributed by atoms with E-state index in [-0.39, 0.29) is 11.5 Å². The van der Waals surface area contributed by atoms with Gasteiger partial charge in [-0.1, -0.05) is 129 Å². The van der Waals surface area contributed by atoms with Crippen LogP contribution in [0.4, 0.5) is 28.4 Å². The van der Waals surface area contributed by atoms with Crippen molar-refractivity contribution in [2.45, 2.75) is 31.2 Å². The number of nitrogens with zero attached hydrogens (tertiary/aromatic N) is 2. The molecule has 0 saturated heterocycles. The molecule has 0 aromatic heterocycles. The highest BCUT2D eigenvalue weighted by atomic mass is 15.2. The van der Waals surface area contributed by atoms with E-state index in [2.05, 4.69) is 194 Å². The fraction of sp³-hybridized carbons (Fsp3) is 0.111. The fourth-order valence-corrected chi connectivity index (χ4v) is 8.06. The first kappa shape index (κ1) is 27.7. The minimum Gasteiger partial charge on any atom is -0.333 e. The Morgan fingerprint density at radius 1 is 0.532 bits per heavy atom. The van der Waals surface area contributed by atoms with Crippen LogP contribution in [-0.2, 0) is 5.41 Å². The van der Waals surface area contributed by atoms with Crippen molar-refractivity contribution in [1.82, 2.24) is 0 Å². The Morgan fingerprint density at radius 3 is 1.96 bits per heavy atom. The summed E-state index contributed by atoms with van der Waals surface area (Å²) in [7, 11) is 0. The lowest BCUT2D eigenvalue weighted by Crippen LogP contribution is -2.28. The van der Waals surface area contributed by atoms with Gasteiger partial charge in [0.1, 0.15) is 0 Å². The van der Waals surface area contributed by atoms with E-state index in [0.29, 0.717) is 5.92 Å². The van der Waals surface area contributed by atoms with E-state index in [1.807, 2.05) is 0 Å². The Labute approximate surface area is 277 Å². The minimum absolute atomic E-state index is 0.0731. The average Bonchev–Trinajstić information content (AvgIpc) is 3.58. The number of anilines is 5. The van der Waals surface area contributed by atoms with E-state index in [0.717, 1.165) is 17.1 Å². The van der Waals surface area contributed by atoms with Crippen LogP contribution in [-0.4, -0.2) is 6.04 Å². The van der Waals surface area contributed by atoms with Crippen molar-refractivity contribution < 1.29 is 0 Å². The number of rotatable bonds is 5. The number of fused-ring (bicyclic) bond motifs is 6. The molecule has 1 heterocycles. The average molecular weight is 605 g/mol. The van der Waals surface area contributed by atoms with Crippen molar-refractivity contribution in [1.29, 1.82) is 0 Å². The highest BCUT2D eigenvalue weighted by molar-refractivity contribution is 5.86. The molecule has 0 amide bonds. The van der Waals surface area contributed by atoms with Gasteiger partial charge in [0, 0.05) is 39.8 Å². The number of hydrogen-bond acceptors (Lipinski definition) is 2. The second kappa shape index (κ2) is 10.7. The highest BCUT2D eigenvalue weighted by Gasteiger charge is 2.38. The fourth-order valence-electron chi connectivity index (χ4n) is 8.06. The van der Waals surface area contributed by atoms with Gasteiger partial charge < -0.3 is 9.80 Å². The summed E-state index contributed by atoms with van der Waals surface area (Å²) in [5.74, 6) is 0.370. The van der Waals surface area contributed by atoms with Crippen LogP contribution in [0.5, 0.6) is 0 Å². The Balaban J connectivity index is 1.14. The monoisotopic (exact) mass is 604 g/mol. The van der Waals surface area contributed by atoms with Gasteiger partial charge in [0.2, 0.25) is 0 Å². The zero-order chi connectivity index (χ0) is 31.5. The molecule has 6 aromatic carbocycles. The summed E-state index contributed by atoms with van der Waals surface area (Å²) >= 11 is 0. The van der Waals surface area contributed by atoms with Gasteiger partial charge >= 0.3 is 0 Å². The maximum absolute atomic E-state index is 2.50. The minimum atomic E-state index is -0.0731. The molecule has 0 fully saturated rings. The van der Waals surface area contributed by atoms with E-state index in [1.165, 1.54) is 50.3 Å². The van der Waals surface area contributed by atoms with E-state index in [1.54, 1.807) is 0 Å². The van der Waals surface area contributed by atoms with Gasteiger partial charge in [-0.25, -0.2) is 0 Å². The van der Waals surface area contributed by atoms with Crippen LogP contribution < -0.4 is 9.80 Å². The molecule has 2 heteroatoms. The normalized spacial score (nSPS) is 18.0. The van der Waals surface area contributed by atoms with Crippen LogP contribution in [0.1, 0.15) is 36.5 Å². The first-order chi connectivity index (χ1) is 23.1. The summed E-state index contributed by atoms with van der Waals surface area (Å²) in [6.07, 6.45) is 9.04. The van der Waals surface area contributed by atoms with E-state index >= 15 is 0 Å². The van der Waals surface area contributed by atoms with Crippen LogP contribution in [0.15, 0.2) is 170 Å². The maximum atomic E-state index is 2.50. The second-order valence-corrected chi connectivity index (χ2v) is 13.4. The molecular formula is C45H36N2. The lowest BCUT2D eigenvalue weighted by atomic mass is 9.82. The Morgan fingerprint density at radius 2 is 1.15 bits per heavy atom. The quantitative estimate of drug-likeness (QED) is 0.193. The number of allylic oxidation sites excluding steroid dienone is 2. The Bertz CT molecular complexity index is 2170. The lowest BCUT2D eigenvalue weighted by molar-refractivity contribution is 0.660. The van der Waals surface area contributed by atoms with Crippen molar-refractivity contribution in [3.05, 3.63) is 187 Å². The Kier molecular flexibility index (Phi) is 6.33. The molecular weight excluding hydrogens is 569 g/mol. The molecule has 2 atom stereocenters. The largest absolute Gasteiger partial charge is 0.333 e. The van der Waals surface area contributed by atoms with Crippen LogP contribution in [0.2, 0.25) is 0 Å². The number of hydrogen-bond donors (Lipinski definition) is 0. The predicted octanol–water partition coefficient (Wildman–Crippen LogP) is 11.9. The lowest BCUT2D eigenvalue weighted by Gasteiger charge is -2.30. The van der Waals surface area contributed by atoms with Crippen molar-refractivity contribution in [3.8, 4) is 22.3 Å². The smallest absolute Gasteiger partial charge is 0.0629 e. The summed E-state index contributed by atoms with van der Waals surface area (Å²) in [5, 5.41) is 0. The zero-order valence-electron chi connectivity index (χ0n) is 26.7. The van der Waals surface area contributed by atoms with E-state index in [9.17, 15) is 0 Å². The molecule has 226 valence electrons. The molecule has 6 aromatic rings. The first-order valence-corrected chi connectivity index (χ1v) is 16.6. The van der Waals surface area contributed by atoms with Crippen molar-refractivity contribution in [3.63, 3.8) is 0 Å². The zero-order valence-corrected chi connectivity index (χ0v) is 26.7. The van der Waals surface area contributed by atoms with Crippen LogP contribution >= 0.6 is 0 Å². The van der Waals surface area contributed by atoms with Gasteiger partial charge in [-0.15, -0.1) is 0 Å². The molecule has 9 rings (SSSR count). The number of para-hydroxylation sites is 1. The molecule has 2 unspecified atom stereocenters. The van der Waals surface area contributed by atoms with E-state index < -0.39 is 0 Å². The van der Waals surface area contributed by atoms with Crippen LogP contribution in [0.3, 0.4) is 0 Å². The SMILES string of the molecule is CC1(C)c2ccccc2-c2ccc(N(c3ccc(-c4ccccc4)cc3)c3ccc(N4c5ccccc5C5C=CC=CC54)cc3)cc21. The molecule has 0 radical (unpaired) electrons. The molecule has 47 heavy (non-hydrogen) atoms. The predicted molar refractivity (Wildman–Crippen MR) is 198 cm³/mol. The van der Waals surface area contributed by atoms with Gasteiger partial charge in [0.15, 0.2) is 0 Å². The van der Waals surface area contributed by atoms with Gasteiger partial charge in [0.25, 0.3) is 0 Å². The molecule has 2 aliphatic carbocycles. The summed E-state index contributed by atoms with van der Waals surface area (Å²) in [6, 6.07) is 53.8. The molecule has 0 spiro atoms. The summed E-state index contributed by atoms with van der Waals surface area (Å²) in [6.45, 7) is 4.70. The van der Waals surface area contributed by atoms with Crippen LogP contribution in [0, 0.1) is 0 Å². The summed E-state index contributed by atoms with van der Waals surface area (Å²) in [4.78, 5) is 4.90. The van der Waals surface area contributed by atoms with Gasteiger partial charge in [0.05, 0.1) is 6.04 Å². The maximum Gasteiger partial charge on any atom is 0.0629 e. The standard InChI is InChI=1S/C45H36N2/c1-45(2)41-17-9-6-14-37(41)38-29-28-36(30-42(38)45)46(33-22-20-32(21-23-33)31-12-4-3-5-13-31)34-24-26-35(27-25-34)47-43-18-10-7-15-39(43)40-16-8-11-19-44(40)47/h3-30,39,43H,1-2H3. The van der Waals surface area contributed by atoms with Gasteiger partial charge in [-0.2, -0.15) is 0 Å². The third-order valence-electron chi connectivity index (χ3n) is 10.4. The molecule has 0 bridgehead atoms. The third-order valence-corrected chi connectivity index (χ3v) is 10.4. The van der Waals surface area contributed by atoms with Crippen molar-refractivity contribution in [2.75, 3.05) is 9.80 Å². The topological polar surface area (TPSA) is 6.48 Å².